The molecular weight excluding hydrogens is 250 g/mol. The Labute approximate surface area is 112 Å². The molecule has 0 saturated heterocycles. The van der Waals surface area contributed by atoms with E-state index in [-0.39, 0.29) is 0 Å². The first-order valence-corrected chi connectivity index (χ1v) is 6.03. The monoisotopic (exact) mass is 265 g/mol. The third-order valence-electron chi connectivity index (χ3n) is 2.97. The maximum Gasteiger partial charge on any atom is 0.144 e. The number of halogens is 1. The number of ether oxygens (including phenoxy) is 2. The Morgan fingerprint density at radius 1 is 0.944 bits per heavy atom. The van der Waals surface area contributed by atoms with Crippen LogP contribution in [0.3, 0.4) is 0 Å². The van der Waals surface area contributed by atoms with E-state index in [2.05, 4.69) is 16.7 Å². The van der Waals surface area contributed by atoms with Gasteiger partial charge in [-0.1, -0.05) is 11.6 Å². The lowest BCUT2D eigenvalue weighted by atomic mass is 10.2. The SMILES string of the molecule is COc1cc(-n2c(C)ccc2C)c(OC)cc1Cl. The van der Waals surface area contributed by atoms with Gasteiger partial charge in [-0.2, -0.15) is 0 Å². The average molecular weight is 266 g/mol. The summed E-state index contributed by atoms with van der Waals surface area (Å²) in [4.78, 5) is 0. The van der Waals surface area contributed by atoms with Gasteiger partial charge in [-0.15, -0.1) is 0 Å². The topological polar surface area (TPSA) is 23.4 Å². The number of benzene rings is 1. The minimum absolute atomic E-state index is 0.542. The Kier molecular flexibility index (Phi) is 3.53. The van der Waals surface area contributed by atoms with E-state index in [0.29, 0.717) is 10.8 Å². The average Bonchev–Trinajstić information content (AvgIpc) is 2.69. The molecule has 2 rings (SSSR count). The van der Waals surface area contributed by atoms with Gasteiger partial charge in [0.1, 0.15) is 11.5 Å². The Hall–Kier alpha value is -1.61. The summed E-state index contributed by atoms with van der Waals surface area (Å²) in [5.74, 6) is 1.36. The van der Waals surface area contributed by atoms with Crippen LogP contribution in [0.25, 0.3) is 5.69 Å². The summed E-state index contributed by atoms with van der Waals surface area (Å²) >= 11 is 6.11. The van der Waals surface area contributed by atoms with Gasteiger partial charge < -0.3 is 14.0 Å². The summed E-state index contributed by atoms with van der Waals surface area (Å²) in [7, 11) is 3.24. The summed E-state index contributed by atoms with van der Waals surface area (Å²) in [6.45, 7) is 4.10. The largest absolute Gasteiger partial charge is 0.495 e. The molecule has 0 aliphatic carbocycles. The number of aromatic nitrogens is 1. The predicted octanol–water partition coefficient (Wildman–Crippen LogP) is 3.76. The molecular formula is C14H16ClNO2. The van der Waals surface area contributed by atoms with E-state index >= 15 is 0 Å². The Morgan fingerprint density at radius 2 is 1.50 bits per heavy atom. The van der Waals surface area contributed by atoms with Crippen LogP contribution in [0.5, 0.6) is 11.5 Å². The molecule has 0 amide bonds. The second-order valence-corrected chi connectivity index (χ2v) is 4.52. The van der Waals surface area contributed by atoms with Crippen LogP contribution < -0.4 is 9.47 Å². The highest BCUT2D eigenvalue weighted by molar-refractivity contribution is 6.32. The lowest BCUT2D eigenvalue weighted by molar-refractivity contribution is 0.401. The van der Waals surface area contributed by atoms with Gasteiger partial charge >= 0.3 is 0 Å². The van der Waals surface area contributed by atoms with Gasteiger partial charge in [0, 0.05) is 23.5 Å². The molecule has 0 bridgehead atoms. The maximum absolute atomic E-state index is 6.11. The molecule has 0 atom stereocenters. The van der Waals surface area contributed by atoms with Gasteiger partial charge in [0.2, 0.25) is 0 Å². The first-order chi connectivity index (χ1) is 8.58. The molecule has 96 valence electrons. The molecule has 0 aliphatic heterocycles. The van der Waals surface area contributed by atoms with Crippen molar-refractivity contribution in [3.05, 3.63) is 40.7 Å². The van der Waals surface area contributed by atoms with E-state index in [0.717, 1.165) is 22.8 Å². The number of aryl methyl sites for hydroxylation is 2. The van der Waals surface area contributed by atoms with Crippen molar-refractivity contribution in [1.82, 2.24) is 4.57 Å². The predicted molar refractivity (Wildman–Crippen MR) is 73.4 cm³/mol. The standard InChI is InChI=1S/C14H16ClNO2/c1-9-5-6-10(2)16(9)12-8-13(17-3)11(15)7-14(12)18-4/h5-8H,1-4H3. The van der Waals surface area contributed by atoms with Crippen molar-refractivity contribution in [3.8, 4) is 17.2 Å². The smallest absolute Gasteiger partial charge is 0.144 e. The van der Waals surface area contributed by atoms with Crippen molar-refractivity contribution >= 4 is 11.6 Å². The maximum atomic E-state index is 6.11. The first-order valence-electron chi connectivity index (χ1n) is 5.65. The molecule has 0 spiro atoms. The molecule has 2 aromatic rings. The molecule has 4 heteroatoms. The van der Waals surface area contributed by atoms with Gasteiger partial charge in [-0.25, -0.2) is 0 Å². The van der Waals surface area contributed by atoms with Crippen LogP contribution in [0.2, 0.25) is 5.02 Å². The van der Waals surface area contributed by atoms with Crippen LogP contribution in [0, 0.1) is 13.8 Å². The Bertz CT molecular complexity index is 556. The van der Waals surface area contributed by atoms with Gasteiger partial charge in [-0.3, -0.25) is 0 Å². The lowest BCUT2D eigenvalue weighted by Crippen LogP contribution is -2.02. The van der Waals surface area contributed by atoms with E-state index in [1.54, 1.807) is 20.3 Å². The Balaban J connectivity index is 2.69. The van der Waals surface area contributed by atoms with E-state index in [4.69, 9.17) is 21.1 Å². The van der Waals surface area contributed by atoms with E-state index in [1.807, 2.05) is 19.9 Å². The third-order valence-corrected chi connectivity index (χ3v) is 3.26. The fourth-order valence-corrected chi connectivity index (χ4v) is 2.30. The van der Waals surface area contributed by atoms with Crippen LogP contribution in [0.15, 0.2) is 24.3 Å². The van der Waals surface area contributed by atoms with Crippen LogP contribution in [0.1, 0.15) is 11.4 Å². The molecule has 1 aromatic carbocycles. The second kappa shape index (κ2) is 4.94. The molecule has 0 N–H and O–H groups in total. The van der Waals surface area contributed by atoms with E-state index in [9.17, 15) is 0 Å². The van der Waals surface area contributed by atoms with Gasteiger partial charge in [0.25, 0.3) is 0 Å². The highest BCUT2D eigenvalue weighted by Gasteiger charge is 2.14. The quantitative estimate of drug-likeness (QED) is 0.843. The minimum Gasteiger partial charge on any atom is -0.495 e. The van der Waals surface area contributed by atoms with Crippen LogP contribution >= 0.6 is 11.6 Å². The first kappa shape index (κ1) is 12.8. The highest BCUT2D eigenvalue weighted by atomic mass is 35.5. The van der Waals surface area contributed by atoms with Crippen molar-refractivity contribution in [3.63, 3.8) is 0 Å². The fourth-order valence-electron chi connectivity index (χ4n) is 2.07. The number of nitrogens with zero attached hydrogens (tertiary/aromatic N) is 1. The molecule has 0 radical (unpaired) electrons. The van der Waals surface area contributed by atoms with Crippen LogP contribution in [0.4, 0.5) is 0 Å². The van der Waals surface area contributed by atoms with Gasteiger partial charge in [-0.05, 0) is 26.0 Å². The normalized spacial score (nSPS) is 10.5. The van der Waals surface area contributed by atoms with Crippen LogP contribution in [-0.4, -0.2) is 18.8 Å². The number of hydrogen-bond acceptors (Lipinski definition) is 2. The molecule has 0 aliphatic rings. The molecule has 18 heavy (non-hydrogen) atoms. The lowest BCUT2D eigenvalue weighted by Gasteiger charge is -2.16. The van der Waals surface area contributed by atoms with E-state index in [1.165, 1.54) is 0 Å². The summed E-state index contributed by atoms with van der Waals surface area (Å²) in [6.07, 6.45) is 0. The molecule has 1 heterocycles. The summed E-state index contributed by atoms with van der Waals surface area (Å²) < 4.78 is 12.8. The van der Waals surface area contributed by atoms with Crippen LogP contribution in [-0.2, 0) is 0 Å². The Morgan fingerprint density at radius 3 is 2.00 bits per heavy atom. The summed E-state index contributed by atoms with van der Waals surface area (Å²) in [6, 6.07) is 7.79. The number of methoxy groups -OCH3 is 2. The van der Waals surface area contributed by atoms with Gasteiger partial charge in [0.05, 0.1) is 24.9 Å². The van der Waals surface area contributed by atoms with Crippen molar-refractivity contribution < 1.29 is 9.47 Å². The number of rotatable bonds is 3. The molecule has 3 nitrogen and oxygen atoms in total. The summed E-state index contributed by atoms with van der Waals surface area (Å²) in [5.41, 5.74) is 3.20. The van der Waals surface area contributed by atoms with Crippen molar-refractivity contribution in [2.45, 2.75) is 13.8 Å². The number of hydrogen-bond donors (Lipinski definition) is 0. The zero-order chi connectivity index (χ0) is 13.3. The molecule has 0 unspecified atom stereocenters. The fraction of sp³-hybridized carbons (Fsp3) is 0.286. The minimum atomic E-state index is 0.542. The molecule has 1 aromatic heterocycles. The third kappa shape index (κ3) is 2.06. The zero-order valence-electron chi connectivity index (χ0n) is 11.0. The summed E-state index contributed by atoms with van der Waals surface area (Å²) in [5, 5.41) is 0.542. The highest BCUT2D eigenvalue weighted by Crippen LogP contribution is 2.35. The van der Waals surface area contributed by atoms with E-state index < -0.39 is 0 Å². The zero-order valence-corrected chi connectivity index (χ0v) is 11.7. The molecule has 0 fully saturated rings. The van der Waals surface area contributed by atoms with Crippen molar-refractivity contribution in [2.24, 2.45) is 0 Å². The van der Waals surface area contributed by atoms with Gasteiger partial charge in [0.15, 0.2) is 0 Å². The molecule has 0 saturated carbocycles. The van der Waals surface area contributed by atoms with Crippen molar-refractivity contribution in [1.29, 1.82) is 0 Å². The second-order valence-electron chi connectivity index (χ2n) is 4.11. The van der Waals surface area contributed by atoms with Crippen molar-refractivity contribution in [2.75, 3.05) is 14.2 Å².